The van der Waals surface area contributed by atoms with Crippen molar-refractivity contribution in [3.05, 3.63) is 27.7 Å². The number of β-lactam (4-membered cyclic amide) rings is 1. The summed E-state index contributed by atoms with van der Waals surface area (Å²) >= 11 is 7.46. The summed E-state index contributed by atoms with van der Waals surface area (Å²) < 4.78 is 6.56. The number of hydrogen-bond acceptors (Lipinski definition) is 7. The summed E-state index contributed by atoms with van der Waals surface area (Å²) in [5.41, 5.74) is 1.58. The zero-order valence-corrected chi connectivity index (χ0v) is 19.0. The first-order valence-corrected chi connectivity index (χ1v) is 11.0. The summed E-state index contributed by atoms with van der Waals surface area (Å²) in [5, 5.41) is 16.6. The summed E-state index contributed by atoms with van der Waals surface area (Å²) in [6.45, 7) is 6.63. The zero-order valence-electron chi connectivity index (χ0n) is 17.5. The van der Waals surface area contributed by atoms with E-state index in [2.05, 4.69) is 10.4 Å². The molecule has 3 atom stereocenters. The van der Waals surface area contributed by atoms with Crippen LogP contribution in [0.2, 0.25) is 5.02 Å². The molecule has 3 rings (SSSR count). The molecular weight excluding hydrogens is 448 g/mol. The van der Waals surface area contributed by atoms with Gasteiger partial charge < -0.3 is 15.2 Å². The number of nitrogens with zero attached hydrogens (tertiary/aromatic N) is 3. The number of thioether (sulfide) groups is 1. The maximum absolute atomic E-state index is 12.7. The molecule has 0 spiro atoms. The summed E-state index contributed by atoms with van der Waals surface area (Å²) in [7, 11) is 0. The fourth-order valence-electron chi connectivity index (χ4n) is 3.47. The van der Waals surface area contributed by atoms with Crippen molar-refractivity contribution in [1.29, 1.82) is 0 Å². The van der Waals surface area contributed by atoms with E-state index in [1.165, 1.54) is 18.7 Å². The minimum Gasteiger partial charge on any atom is -0.477 e. The summed E-state index contributed by atoms with van der Waals surface area (Å²) in [5.74, 6) is -2.88. The Labute approximate surface area is 187 Å². The van der Waals surface area contributed by atoms with Crippen molar-refractivity contribution in [2.24, 2.45) is 5.92 Å². The standard InChI is InChI=1S/C19H23ClN4O6S/c1-8(5-23-10(3)13(20)9(2)22-23)16(26)21-14-17(27)24-15(19(28)29)12(6-30-11(4)25)7-31-18(14)24/h8,14,18H,5-7H2,1-4H3,(H,21,26)(H,28,29)/t8-,14+,18+/m0/s1. The van der Waals surface area contributed by atoms with Crippen molar-refractivity contribution < 1.29 is 29.0 Å². The Morgan fingerprint density at radius 2 is 2.06 bits per heavy atom. The lowest BCUT2D eigenvalue weighted by atomic mass is 10.0. The number of aliphatic carboxylic acids is 1. The molecule has 1 aromatic rings. The molecule has 0 bridgehead atoms. The third kappa shape index (κ3) is 4.42. The van der Waals surface area contributed by atoms with Crippen molar-refractivity contribution in [2.75, 3.05) is 12.4 Å². The number of ether oxygens (including phenoxy) is 1. The number of nitrogens with one attached hydrogen (secondary N) is 1. The average molecular weight is 471 g/mol. The smallest absolute Gasteiger partial charge is 0.352 e. The molecule has 2 aliphatic rings. The summed E-state index contributed by atoms with van der Waals surface area (Å²) in [4.78, 5) is 49.3. The summed E-state index contributed by atoms with van der Waals surface area (Å²) in [6.07, 6.45) is 0. The lowest BCUT2D eigenvalue weighted by molar-refractivity contribution is -0.151. The van der Waals surface area contributed by atoms with E-state index in [1.54, 1.807) is 18.5 Å². The maximum atomic E-state index is 12.7. The van der Waals surface area contributed by atoms with E-state index < -0.39 is 35.2 Å². The number of aryl methyl sites for hydroxylation is 1. The van der Waals surface area contributed by atoms with E-state index in [-0.39, 0.29) is 24.0 Å². The Hall–Kier alpha value is -2.53. The molecule has 1 fully saturated rings. The molecular formula is C19H23ClN4O6S. The van der Waals surface area contributed by atoms with Gasteiger partial charge in [-0.25, -0.2) is 4.79 Å². The number of aromatic nitrogens is 2. The van der Waals surface area contributed by atoms with Crippen LogP contribution in [0.1, 0.15) is 25.2 Å². The van der Waals surface area contributed by atoms with Gasteiger partial charge in [0.05, 0.1) is 28.9 Å². The Balaban J connectivity index is 1.67. The highest BCUT2D eigenvalue weighted by atomic mass is 35.5. The quantitative estimate of drug-likeness (QED) is 0.447. The van der Waals surface area contributed by atoms with Crippen molar-refractivity contribution in [3.8, 4) is 0 Å². The second kappa shape index (κ2) is 8.91. The predicted octanol–water partition coefficient (Wildman–Crippen LogP) is 1.09. The Bertz CT molecular complexity index is 990. The number of hydrogen-bond donors (Lipinski definition) is 2. The predicted molar refractivity (Wildman–Crippen MR) is 112 cm³/mol. The molecule has 31 heavy (non-hydrogen) atoms. The maximum Gasteiger partial charge on any atom is 0.352 e. The van der Waals surface area contributed by atoms with Gasteiger partial charge in [0.2, 0.25) is 5.91 Å². The minimum atomic E-state index is -1.28. The molecule has 2 N–H and O–H groups in total. The fraction of sp³-hybridized carbons (Fsp3) is 0.526. The number of carboxylic acids is 1. The number of esters is 1. The van der Waals surface area contributed by atoms with Crippen molar-refractivity contribution in [1.82, 2.24) is 20.0 Å². The molecule has 1 aromatic heterocycles. The van der Waals surface area contributed by atoms with Crippen LogP contribution < -0.4 is 5.32 Å². The lowest BCUT2D eigenvalue weighted by Gasteiger charge is -2.49. The second-order valence-electron chi connectivity index (χ2n) is 7.50. The summed E-state index contributed by atoms with van der Waals surface area (Å²) in [6, 6.07) is -0.825. The SMILES string of the molecule is CC(=O)OCC1=C(C(=O)O)N2C(=O)[C@@H](NC(=O)[C@@H](C)Cn3nc(C)c(Cl)c3C)[C@H]2SC1. The molecule has 0 aliphatic carbocycles. The van der Waals surface area contributed by atoms with Gasteiger partial charge in [-0.15, -0.1) is 11.8 Å². The van der Waals surface area contributed by atoms with E-state index in [0.29, 0.717) is 22.8 Å². The van der Waals surface area contributed by atoms with Crippen molar-refractivity contribution >= 4 is 47.1 Å². The molecule has 0 saturated carbocycles. The highest BCUT2D eigenvalue weighted by Gasteiger charge is 2.54. The minimum absolute atomic E-state index is 0.189. The largest absolute Gasteiger partial charge is 0.477 e. The van der Waals surface area contributed by atoms with Crippen LogP contribution in [0.5, 0.6) is 0 Å². The molecule has 2 aliphatic heterocycles. The molecule has 0 radical (unpaired) electrons. The van der Waals surface area contributed by atoms with Crippen molar-refractivity contribution in [3.63, 3.8) is 0 Å². The number of carboxylic acid groups (broad SMARTS) is 1. The van der Waals surface area contributed by atoms with Gasteiger partial charge in [-0.1, -0.05) is 18.5 Å². The van der Waals surface area contributed by atoms with Crippen LogP contribution in [0.25, 0.3) is 0 Å². The molecule has 3 heterocycles. The van der Waals surface area contributed by atoms with Crippen LogP contribution in [0.4, 0.5) is 0 Å². The van der Waals surface area contributed by atoms with Gasteiger partial charge in [-0.05, 0) is 13.8 Å². The van der Waals surface area contributed by atoms with Gasteiger partial charge in [0.15, 0.2) is 0 Å². The van der Waals surface area contributed by atoms with Crippen LogP contribution >= 0.6 is 23.4 Å². The van der Waals surface area contributed by atoms with Gasteiger partial charge in [-0.2, -0.15) is 5.10 Å². The molecule has 0 unspecified atom stereocenters. The first-order valence-electron chi connectivity index (χ1n) is 9.56. The van der Waals surface area contributed by atoms with Gasteiger partial charge >= 0.3 is 11.9 Å². The van der Waals surface area contributed by atoms with Crippen LogP contribution in [0.3, 0.4) is 0 Å². The normalized spacial score (nSPS) is 21.3. The highest BCUT2D eigenvalue weighted by Crippen LogP contribution is 2.40. The van der Waals surface area contributed by atoms with E-state index in [0.717, 1.165) is 10.6 Å². The van der Waals surface area contributed by atoms with E-state index in [1.807, 2.05) is 6.92 Å². The van der Waals surface area contributed by atoms with Gasteiger partial charge in [0, 0.05) is 18.2 Å². The lowest BCUT2D eigenvalue weighted by Crippen LogP contribution is -2.71. The number of carbonyl (C=O) groups excluding carboxylic acids is 3. The second-order valence-corrected chi connectivity index (χ2v) is 8.98. The number of carbonyl (C=O) groups is 4. The van der Waals surface area contributed by atoms with Gasteiger partial charge in [0.1, 0.15) is 23.7 Å². The molecule has 1 saturated heterocycles. The van der Waals surface area contributed by atoms with Crippen LogP contribution in [-0.4, -0.2) is 67.3 Å². The Kier molecular flexibility index (Phi) is 6.65. The fourth-order valence-corrected chi connectivity index (χ4v) is 4.94. The third-order valence-electron chi connectivity index (χ3n) is 5.18. The number of halogens is 1. The first-order chi connectivity index (χ1) is 14.5. The molecule has 2 amide bonds. The van der Waals surface area contributed by atoms with E-state index in [4.69, 9.17) is 16.3 Å². The van der Waals surface area contributed by atoms with Crippen LogP contribution in [0.15, 0.2) is 11.3 Å². The van der Waals surface area contributed by atoms with Crippen LogP contribution in [0, 0.1) is 19.8 Å². The number of amides is 2. The number of rotatable bonds is 7. The van der Waals surface area contributed by atoms with Crippen LogP contribution in [-0.2, 0) is 30.5 Å². The van der Waals surface area contributed by atoms with Gasteiger partial charge in [-0.3, -0.25) is 24.0 Å². The van der Waals surface area contributed by atoms with E-state index in [9.17, 15) is 24.3 Å². The Morgan fingerprint density at radius 1 is 1.39 bits per heavy atom. The monoisotopic (exact) mass is 470 g/mol. The molecule has 0 aromatic carbocycles. The number of fused-ring (bicyclic) bond motifs is 1. The molecule has 12 heteroatoms. The van der Waals surface area contributed by atoms with Gasteiger partial charge in [0.25, 0.3) is 5.91 Å². The highest BCUT2D eigenvalue weighted by molar-refractivity contribution is 8.00. The molecule has 168 valence electrons. The third-order valence-corrected chi connectivity index (χ3v) is 7.07. The molecule has 10 nitrogen and oxygen atoms in total. The first kappa shape index (κ1) is 23.1. The Morgan fingerprint density at radius 3 is 2.61 bits per heavy atom. The zero-order chi connectivity index (χ0) is 23.0. The van der Waals surface area contributed by atoms with E-state index >= 15 is 0 Å². The topological polar surface area (TPSA) is 131 Å². The average Bonchev–Trinajstić information content (AvgIpc) is 2.95. The van der Waals surface area contributed by atoms with Crippen molar-refractivity contribution in [2.45, 2.75) is 45.7 Å².